The molecule has 78 valence electrons. The minimum atomic E-state index is 1.03. The molecule has 0 radical (unpaired) electrons. The van der Waals surface area contributed by atoms with Crippen molar-refractivity contribution in [1.82, 2.24) is 14.8 Å². The third-order valence-electron chi connectivity index (χ3n) is 2.69. The normalized spacial score (nSPS) is 10.6. The van der Waals surface area contributed by atoms with Crippen molar-refractivity contribution in [3.05, 3.63) is 41.5 Å². The predicted octanol–water partition coefficient (Wildman–Crippen LogP) is 2.45. The lowest BCUT2D eigenvalue weighted by Gasteiger charge is -2.03. The third-order valence-corrected chi connectivity index (χ3v) is 2.69. The molecular weight excluding hydrogens is 186 g/mol. The standard InChI is InChI=1S/C12H15N3/c1-4-12-9(2)14-15(10(12)3)11-6-5-7-13-8-11/h5-8H,4H2,1-3H3. The molecule has 2 heterocycles. The minimum Gasteiger partial charge on any atom is -0.262 e. The summed E-state index contributed by atoms with van der Waals surface area (Å²) in [6.45, 7) is 6.31. The van der Waals surface area contributed by atoms with Crippen molar-refractivity contribution in [3.63, 3.8) is 0 Å². The van der Waals surface area contributed by atoms with Crippen molar-refractivity contribution in [2.24, 2.45) is 0 Å². The van der Waals surface area contributed by atoms with Crippen LogP contribution in [0.3, 0.4) is 0 Å². The van der Waals surface area contributed by atoms with Gasteiger partial charge in [0.15, 0.2) is 0 Å². The summed E-state index contributed by atoms with van der Waals surface area (Å²) < 4.78 is 1.96. The van der Waals surface area contributed by atoms with E-state index in [0.717, 1.165) is 17.8 Å². The Labute approximate surface area is 89.8 Å². The first-order valence-corrected chi connectivity index (χ1v) is 5.19. The highest BCUT2D eigenvalue weighted by Crippen LogP contribution is 2.17. The van der Waals surface area contributed by atoms with Gasteiger partial charge >= 0.3 is 0 Å². The molecule has 2 rings (SSSR count). The first-order chi connectivity index (χ1) is 7.24. The van der Waals surface area contributed by atoms with Crippen LogP contribution in [-0.2, 0) is 6.42 Å². The molecule has 0 N–H and O–H groups in total. The molecule has 0 saturated heterocycles. The number of hydrogen-bond donors (Lipinski definition) is 0. The van der Waals surface area contributed by atoms with Crippen molar-refractivity contribution in [2.75, 3.05) is 0 Å². The molecule has 0 aliphatic carbocycles. The molecule has 0 spiro atoms. The molecule has 2 aromatic rings. The smallest absolute Gasteiger partial charge is 0.0832 e. The van der Waals surface area contributed by atoms with Gasteiger partial charge in [0, 0.05) is 11.9 Å². The van der Waals surface area contributed by atoms with Crippen LogP contribution in [0, 0.1) is 13.8 Å². The first-order valence-electron chi connectivity index (χ1n) is 5.19. The summed E-state index contributed by atoms with van der Waals surface area (Å²) >= 11 is 0. The molecule has 0 fully saturated rings. The monoisotopic (exact) mass is 201 g/mol. The van der Waals surface area contributed by atoms with Crippen molar-refractivity contribution >= 4 is 0 Å². The fourth-order valence-electron chi connectivity index (χ4n) is 1.92. The van der Waals surface area contributed by atoms with Gasteiger partial charge in [0.1, 0.15) is 0 Å². The topological polar surface area (TPSA) is 30.7 Å². The molecule has 0 aliphatic rings. The van der Waals surface area contributed by atoms with Crippen molar-refractivity contribution in [2.45, 2.75) is 27.2 Å². The quantitative estimate of drug-likeness (QED) is 0.747. The second-order valence-corrected chi connectivity index (χ2v) is 3.63. The van der Waals surface area contributed by atoms with E-state index in [1.165, 1.54) is 11.3 Å². The van der Waals surface area contributed by atoms with Crippen LogP contribution in [0.5, 0.6) is 0 Å². The lowest BCUT2D eigenvalue weighted by atomic mass is 10.1. The summed E-state index contributed by atoms with van der Waals surface area (Å²) in [5.41, 5.74) is 4.68. The molecule has 3 nitrogen and oxygen atoms in total. The van der Waals surface area contributed by atoms with E-state index in [-0.39, 0.29) is 0 Å². The Morgan fingerprint density at radius 3 is 2.67 bits per heavy atom. The zero-order chi connectivity index (χ0) is 10.8. The Morgan fingerprint density at radius 2 is 2.13 bits per heavy atom. The van der Waals surface area contributed by atoms with E-state index in [4.69, 9.17) is 0 Å². The van der Waals surface area contributed by atoms with Crippen molar-refractivity contribution in [3.8, 4) is 5.69 Å². The molecule has 0 atom stereocenters. The highest BCUT2D eigenvalue weighted by molar-refractivity contribution is 5.34. The maximum absolute atomic E-state index is 4.53. The fourth-order valence-corrected chi connectivity index (χ4v) is 1.92. The van der Waals surface area contributed by atoms with Crippen LogP contribution in [0.4, 0.5) is 0 Å². The van der Waals surface area contributed by atoms with E-state index < -0.39 is 0 Å². The molecule has 2 aromatic heterocycles. The molecule has 15 heavy (non-hydrogen) atoms. The Bertz CT molecular complexity index is 457. The number of pyridine rings is 1. The number of hydrogen-bond acceptors (Lipinski definition) is 2. The highest BCUT2D eigenvalue weighted by Gasteiger charge is 2.10. The lowest BCUT2D eigenvalue weighted by molar-refractivity contribution is 0.827. The molecule has 3 heteroatoms. The third kappa shape index (κ3) is 1.65. The zero-order valence-corrected chi connectivity index (χ0v) is 9.36. The Balaban J connectivity index is 2.55. The summed E-state index contributed by atoms with van der Waals surface area (Å²) in [6, 6.07) is 3.95. The summed E-state index contributed by atoms with van der Waals surface area (Å²) in [4.78, 5) is 4.11. The van der Waals surface area contributed by atoms with Gasteiger partial charge < -0.3 is 0 Å². The predicted molar refractivity (Wildman–Crippen MR) is 60.2 cm³/mol. The number of nitrogens with zero attached hydrogens (tertiary/aromatic N) is 3. The maximum atomic E-state index is 4.53. The van der Waals surface area contributed by atoms with Crippen LogP contribution < -0.4 is 0 Å². The van der Waals surface area contributed by atoms with Gasteiger partial charge in [-0.25, -0.2) is 4.68 Å². The van der Waals surface area contributed by atoms with E-state index in [1.807, 2.05) is 23.0 Å². The summed E-state index contributed by atoms with van der Waals surface area (Å²) in [5, 5.41) is 4.53. The number of aromatic nitrogens is 3. The van der Waals surface area contributed by atoms with Crippen molar-refractivity contribution in [1.29, 1.82) is 0 Å². The van der Waals surface area contributed by atoms with E-state index in [2.05, 4.69) is 30.9 Å². The van der Waals surface area contributed by atoms with Crippen LogP contribution >= 0.6 is 0 Å². The molecule has 0 aliphatic heterocycles. The molecule has 0 bridgehead atoms. The minimum absolute atomic E-state index is 1.03. The Hall–Kier alpha value is -1.64. The van der Waals surface area contributed by atoms with E-state index in [9.17, 15) is 0 Å². The highest BCUT2D eigenvalue weighted by atomic mass is 15.3. The summed E-state index contributed by atoms with van der Waals surface area (Å²) in [6.07, 6.45) is 4.63. The molecule has 0 amide bonds. The van der Waals surface area contributed by atoms with Crippen LogP contribution in [0.25, 0.3) is 5.69 Å². The van der Waals surface area contributed by atoms with Gasteiger partial charge in [-0.3, -0.25) is 4.98 Å². The van der Waals surface area contributed by atoms with E-state index in [1.54, 1.807) is 6.20 Å². The molecule has 0 aromatic carbocycles. The molecule has 0 saturated carbocycles. The van der Waals surface area contributed by atoms with Gasteiger partial charge in [0.25, 0.3) is 0 Å². The zero-order valence-electron chi connectivity index (χ0n) is 9.36. The van der Waals surface area contributed by atoms with Gasteiger partial charge in [0.05, 0.1) is 17.6 Å². The van der Waals surface area contributed by atoms with Crippen LogP contribution in [0.1, 0.15) is 23.9 Å². The summed E-state index contributed by atoms with van der Waals surface area (Å²) in [7, 11) is 0. The van der Waals surface area contributed by atoms with E-state index >= 15 is 0 Å². The van der Waals surface area contributed by atoms with Gasteiger partial charge in [-0.05, 0) is 38.0 Å². The first kappa shape index (κ1) is 9.90. The number of aryl methyl sites for hydroxylation is 1. The van der Waals surface area contributed by atoms with Crippen LogP contribution in [0.15, 0.2) is 24.5 Å². The van der Waals surface area contributed by atoms with Gasteiger partial charge in [-0.15, -0.1) is 0 Å². The SMILES string of the molecule is CCc1c(C)nn(-c2cccnc2)c1C. The number of rotatable bonds is 2. The molecular formula is C12H15N3. The largest absolute Gasteiger partial charge is 0.262 e. The average molecular weight is 201 g/mol. The van der Waals surface area contributed by atoms with Crippen LogP contribution in [-0.4, -0.2) is 14.8 Å². The van der Waals surface area contributed by atoms with Gasteiger partial charge in [-0.1, -0.05) is 6.92 Å². The average Bonchev–Trinajstić information content (AvgIpc) is 2.55. The van der Waals surface area contributed by atoms with Crippen molar-refractivity contribution < 1.29 is 0 Å². The Morgan fingerprint density at radius 1 is 1.33 bits per heavy atom. The van der Waals surface area contributed by atoms with E-state index in [0.29, 0.717) is 0 Å². The summed E-state index contributed by atoms with van der Waals surface area (Å²) in [5.74, 6) is 0. The fraction of sp³-hybridized carbons (Fsp3) is 0.333. The second-order valence-electron chi connectivity index (χ2n) is 3.63. The second kappa shape index (κ2) is 3.85. The van der Waals surface area contributed by atoms with Gasteiger partial charge in [0.2, 0.25) is 0 Å². The van der Waals surface area contributed by atoms with Gasteiger partial charge in [-0.2, -0.15) is 5.10 Å². The maximum Gasteiger partial charge on any atom is 0.0832 e. The lowest BCUT2D eigenvalue weighted by Crippen LogP contribution is -1.99. The Kier molecular flexibility index (Phi) is 2.54. The molecule has 0 unspecified atom stereocenters. The van der Waals surface area contributed by atoms with Crippen LogP contribution in [0.2, 0.25) is 0 Å².